The Balaban J connectivity index is 1.44. The standard InChI is InChI=1S/C25H19BrN2O5/c1-14-10-17(26)11-15(2)22(14)27-21(29)13-33-25(32)16-6-5-7-18(12-16)28-23(30)19-8-3-4-9-20(19)24(28)31/h3-12H,13H2,1-2H3,(H,27,29). The second kappa shape index (κ2) is 8.99. The number of carbonyl (C=O) groups is 4. The molecule has 1 aliphatic rings. The Morgan fingerprint density at radius 1 is 0.909 bits per heavy atom. The molecular weight excluding hydrogens is 488 g/mol. The monoisotopic (exact) mass is 506 g/mol. The van der Waals surface area contributed by atoms with Gasteiger partial charge in [0.1, 0.15) is 0 Å². The third kappa shape index (κ3) is 4.42. The van der Waals surface area contributed by atoms with E-state index in [4.69, 9.17) is 4.74 Å². The zero-order chi connectivity index (χ0) is 23.7. The van der Waals surface area contributed by atoms with Gasteiger partial charge >= 0.3 is 5.97 Å². The number of halogens is 1. The van der Waals surface area contributed by atoms with E-state index in [9.17, 15) is 19.2 Å². The molecule has 0 aromatic heterocycles. The van der Waals surface area contributed by atoms with Crippen molar-refractivity contribution >= 4 is 51.0 Å². The molecule has 0 spiro atoms. The Bertz CT molecular complexity index is 1260. The number of aryl methyl sites for hydroxylation is 2. The van der Waals surface area contributed by atoms with Gasteiger partial charge in [-0.25, -0.2) is 9.69 Å². The van der Waals surface area contributed by atoms with E-state index in [0.29, 0.717) is 16.8 Å². The van der Waals surface area contributed by atoms with E-state index in [1.165, 1.54) is 12.1 Å². The minimum atomic E-state index is -0.743. The number of anilines is 2. The molecule has 166 valence electrons. The number of hydrogen-bond acceptors (Lipinski definition) is 5. The van der Waals surface area contributed by atoms with Crippen LogP contribution in [0.1, 0.15) is 42.2 Å². The summed E-state index contributed by atoms with van der Waals surface area (Å²) >= 11 is 3.41. The normalized spacial score (nSPS) is 12.5. The van der Waals surface area contributed by atoms with Crippen molar-refractivity contribution < 1.29 is 23.9 Å². The number of fused-ring (bicyclic) bond motifs is 1. The molecule has 4 rings (SSSR count). The topological polar surface area (TPSA) is 92.8 Å². The van der Waals surface area contributed by atoms with E-state index in [2.05, 4.69) is 21.2 Å². The summed E-state index contributed by atoms with van der Waals surface area (Å²) in [6.07, 6.45) is 0. The predicted octanol–water partition coefficient (Wildman–Crippen LogP) is 4.66. The molecule has 33 heavy (non-hydrogen) atoms. The molecule has 0 radical (unpaired) electrons. The summed E-state index contributed by atoms with van der Waals surface area (Å²) in [4.78, 5) is 51.3. The second-order valence-electron chi connectivity index (χ2n) is 7.58. The summed E-state index contributed by atoms with van der Waals surface area (Å²) in [5.41, 5.74) is 3.39. The van der Waals surface area contributed by atoms with Gasteiger partial charge in [-0.1, -0.05) is 34.1 Å². The van der Waals surface area contributed by atoms with E-state index in [-0.39, 0.29) is 11.3 Å². The molecule has 0 bridgehead atoms. The largest absolute Gasteiger partial charge is 0.452 e. The molecule has 0 saturated carbocycles. The fraction of sp³-hybridized carbons (Fsp3) is 0.120. The Kier molecular flexibility index (Phi) is 6.11. The van der Waals surface area contributed by atoms with Crippen molar-refractivity contribution in [3.63, 3.8) is 0 Å². The van der Waals surface area contributed by atoms with Gasteiger partial charge in [-0.2, -0.15) is 0 Å². The third-order valence-electron chi connectivity index (χ3n) is 5.23. The second-order valence-corrected chi connectivity index (χ2v) is 8.50. The molecule has 0 aliphatic carbocycles. The third-order valence-corrected chi connectivity index (χ3v) is 5.69. The maximum atomic E-state index is 12.7. The number of esters is 1. The van der Waals surface area contributed by atoms with E-state index < -0.39 is 30.3 Å². The first kappa shape index (κ1) is 22.4. The van der Waals surface area contributed by atoms with Gasteiger partial charge in [0, 0.05) is 10.2 Å². The zero-order valence-electron chi connectivity index (χ0n) is 17.8. The SMILES string of the molecule is Cc1cc(Br)cc(C)c1NC(=O)COC(=O)c1cccc(N2C(=O)c3ccccc3C2=O)c1. The lowest BCUT2D eigenvalue weighted by atomic mass is 10.1. The van der Waals surface area contributed by atoms with Crippen LogP contribution < -0.4 is 10.2 Å². The van der Waals surface area contributed by atoms with Gasteiger partial charge in [-0.3, -0.25) is 14.4 Å². The number of benzene rings is 3. The predicted molar refractivity (Wildman–Crippen MR) is 127 cm³/mol. The summed E-state index contributed by atoms with van der Waals surface area (Å²) in [5, 5.41) is 2.76. The van der Waals surface area contributed by atoms with Crippen molar-refractivity contribution in [2.75, 3.05) is 16.8 Å². The van der Waals surface area contributed by atoms with Crippen LogP contribution in [0.5, 0.6) is 0 Å². The van der Waals surface area contributed by atoms with Gasteiger partial charge in [-0.05, 0) is 67.4 Å². The average Bonchev–Trinajstić information content (AvgIpc) is 3.05. The van der Waals surface area contributed by atoms with Gasteiger partial charge in [0.05, 0.1) is 22.4 Å². The molecule has 3 aromatic carbocycles. The molecule has 7 nitrogen and oxygen atoms in total. The average molecular weight is 507 g/mol. The van der Waals surface area contributed by atoms with Crippen molar-refractivity contribution in [2.45, 2.75) is 13.8 Å². The number of rotatable bonds is 5. The molecule has 0 fully saturated rings. The van der Waals surface area contributed by atoms with Crippen LogP contribution in [0.15, 0.2) is 65.1 Å². The van der Waals surface area contributed by atoms with Crippen LogP contribution in [0.4, 0.5) is 11.4 Å². The smallest absolute Gasteiger partial charge is 0.338 e. The van der Waals surface area contributed by atoms with Gasteiger partial charge < -0.3 is 10.1 Å². The van der Waals surface area contributed by atoms with E-state index >= 15 is 0 Å². The fourth-order valence-electron chi connectivity index (χ4n) is 3.69. The van der Waals surface area contributed by atoms with Crippen LogP contribution in [-0.2, 0) is 9.53 Å². The molecule has 1 aliphatic heterocycles. The highest BCUT2D eigenvalue weighted by atomic mass is 79.9. The number of nitrogens with one attached hydrogen (secondary N) is 1. The first-order valence-electron chi connectivity index (χ1n) is 10.1. The first-order chi connectivity index (χ1) is 15.8. The Morgan fingerprint density at radius 2 is 1.52 bits per heavy atom. The van der Waals surface area contributed by atoms with Gasteiger partial charge in [0.15, 0.2) is 6.61 Å². The fourth-order valence-corrected chi connectivity index (χ4v) is 4.38. The molecule has 0 atom stereocenters. The maximum Gasteiger partial charge on any atom is 0.338 e. The lowest BCUT2D eigenvalue weighted by Crippen LogP contribution is -2.29. The maximum absolute atomic E-state index is 12.7. The highest BCUT2D eigenvalue weighted by Crippen LogP contribution is 2.29. The molecule has 3 aromatic rings. The van der Waals surface area contributed by atoms with Crippen LogP contribution in [0.25, 0.3) is 0 Å². The highest BCUT2D eigenvalue weighted by molar-refractivity contribution is 9.10. The van der Waals surface area contributed by atoms with E-state index in [0.717, 1.165) is 20.5 Å². The van der Waals surface area contributed by atoms with Crippen molar-refractivity contribution in [3.8, 4) is 0 Å². The number of ether oxygens (including phenoxy) is 1. The molecule has 1 N–H and O–H groups in total. The Hall–Kier alpha value is -3.78. The van der Waals surface area contributed by atoms with Crippen molar-refractivity contribution in [3.05, 3.63) is 93.0 Å². The summed E-state index contributed by atoms with van der Waals surface area (Å²) < 4.78 is 6.05. The molecule has 0 saturated heterocycles. The molecule has 8 heteroatoms. The molecular formula is C25H19BrN2O5. The summed E-state index contributed by atoms with van der Waals surface area (Å²) in [5.74, 6) is -2.14. The Morgan fingerprint density at radius 3 is 2.12 bits per heavy atom. The summed E-state index contributed by atoms with van der Waals surface area (Å²) in [6, 6.07) is 16.3. The Labute approximate surface area is 198 Å². The van der Waals surface area contributed by atoms with Crippen molar-refractivity contribution in [2.24, 2.45) is 0 Å². The number of amides is 3. The van der Waals surface area contributed by atoms with Crippen molar-refractivity contribution in [1.82, 2.24) is 0 Å². The zero-order valence-corrected chi connectivity index (χ0v) is 19.4. The van der Waals surface area contributed by atoms with Gasteiger partial charge in [-0.15, -0.1) is 0 Å². The van der Waals surface area contributed by atoms with Crippen LogP contribution in [-0.4, -0.2) is 30.3 Å². The highest BCUT2D eigenvalue weighted by Gasteiger charge is 2.36. The van der Waals surface area contributed by atoms with E-state index in [1.54, 1.807) is 36.4 Å². The number of hydrogen-bond donors (Lipinski definition) is 1. The lowest BCUT2D eigenvalue weighted by molar-refractivity contribution is -0.119. The summed E-state index contributed by atoms with van der Waals surface area (Å²) in [7, 11) is 0. The molecule has 1 heterocycles. The number of imide groups is 1. The minimum Gasteiger partial charge on any atom is -0.452 e. The molecule has 0 unspecified atom stereocenters. The van der Waals surface area contributed by atoms with Gasteiger partial charge in [0.2, 0.25) is 0 Å². The minimum absolute atomic E-state index is 0.118. The van der Waals surface area contributed by atoms with Crippen LogP contribution in [0.3, 0.4) is 0 Å². The quantitative estimate of drug-likeness (QED) is 0.401. The molecule has 3 amide bonds. The summed E-state index contributed by atoms with van der Waals surface area (Å²) in [6.45, 7) is 3.25. The number of carbonyl (C=O) groups excluding carboxylic acids is 4. The number of nitrogens with zero attached hydrogens (tertiary/aromatic N) is 1. The lowest BCUT2D eigenvalue weighted by Gasteiger charge is -2.15. The van der Waals surface area contributed by atoms with Crippen molar-refractivity contribution in [1.29, 1.82) is 0 Å². The van der Waals surface area contributed by atoms with Crippen LogP contribution in [0, 0.1) is 13.8 Å². The van der Waals surface area contributed by atoms with E-state index in [1.807, 2.05) is 26.0 Å². The van der Waals surface area contributed by atoms with Gasteiger partial charge in [0.25, 0.3) is 17.7 Å². The first-order valence-corrected chi connectivity index (χ1v) is 10.9. The van der Waals surface area contributed by atoms with Crippen LogP contribution >= 0.6 is 15.9 Å². The van der Waals surface area contributed by atoms with Crippen LogP contribution in [0.2, 0.25) is 0 Å².